The number of allylic oxidation sites excluding steroid dienone is 6. The molecule has 2 aromatic carbocycles. The maximum atomic E-state index is 6.41. The van der Waals surface area contributed by atoms with Crippen molar-refractivity contribution in [3.05, 3.63) is 189 Å². The molecule has 3 aliphatic heterocycles. The number of pyridine rings is 2. The van der Waals surface area contributed by atoms with Crippen LogP contribution in [-0.2, 0) is 35.1 Å². The molecule has 14 nitrogen and oxygen atoms in total. The second kappa shape index (κ2) is 21.9. The van der Waals surface area contributed by atoms with Gasteiger partial charge in [0.05, 0.1) is 75.1 Å². The molecule has 0 N–H and O–H groups in total. The second-order valence-corrected chi connectivity index (χ2v) is 19.7. The van der Waals surface area contributed by atoms with Crippen molar-refractivity contribution >= 4 is 55.3 Å². The van der Waals surface area contributed by atoms with Crippen LogP contribution in [0, 0.1) is 41.5 Å². The Morgan fingerprint density at radius 2 is 1.35 bits per heavy atom. The molecule has 0 unspecified atom stereocenters. The van der Waals surface area contributed by atoms with E-state index in [1.54, 1.807) is 6.08 Å². The number of ether oxygens (including phenoxy) is 7. The summed E-state index contributed by atoms with van der Waals surface area (Å²) in [6, 6.07) is 17.0. The predicted molar refractivity (Wildman–Crippen MR) is 311 cm³/mol. The molecule has 8 aromatic rings. The lowest BCUT2D eigenvalue weighted by Crippen LogP contribution is -2.24. The van der Waals surface area contributed by atoms with Crippen molar-refractivity contribution in [1.29, 1.82) is 0 Å². The number of furan rings is 1. The highest BCUT2D eigenvalue weighted by Crippen LogP contribution is 2.45. The van der Waals surface area contributed by atoms with Gasteiger partial charge in [-0.05, 0) is 158 Å². The van der Waals surface area contributed by atoms with Gasteiger partial charge in [0.15, 0.2) is 12.6 Å². The summed E-state index contributed by atoms with van der Waals surface area (Å²) in [6.07, 6.45) is 18.7. The molecule has 0 bridgehead atoms. The van der Waals surface area contributed by atoms with Crippen molar-refractivity contribution < 1.29 is 37.6 Å². The lowest BCUT2D eigenvalue weighted by Gasteiger charge is -2.30. The van der Waals surface area contributed by atoms with Crippen molar-refractivity contribution in [3.63, 3.8) is 0 Å². The average Bonchev–Trinajstić information content (AvgIpc) is 4.35. The summed E-state index contributed by atoms with van der Waals surface area (Å²) >= 11 is 0. The molecule has 0 atom stereocenters. The molecule has 6 aromatic heterocycles. The van der Waals surface area contributed by atoms with Crippen LogP contribution in [0.1, 0.15) is 80.2 Å². The van der Waals surface area contributed by atoms with E-state index in [1.165, 1.54) is 0 Å². The van der Waals surface area contributed by atoms with Gasteiger partial charge in [-0.1, -0.05) is 30.9 Å². The summed E-state index contributed by atoms with van der Waals surface area (Å²) in [5.41, 5.74) is 24.1. The summed E-state index contributed by atoms with van der Waals surface area (Å²) in [6.45, 7) is 25.7. The van der Waals surface area contributed by atoms with E-state index in [9.17, 15) is 0 Å². The Kier molecular flexibility index (Phi) is 14.5. The van der Waals surface area contributed by atoms with Gasteiger partial charge in [-0.25, -0.2) is 0 Å². The molecule has 14 heteroatoms. The number of aryl methyl sites for hydroxylation is 6. The summed E-state index contributed by atoms with van der Waals surface area (Å²) < 4.78 is 55.7. The first-order valence-electron chi connectivity index (χ1n) is 27.2. The largest absolute Gasteiger partial charge is 0.467 e. The molecular formula is C65H66N6O8. The fourth-order valence-corrected chi connectivity index (χ4v) is 11.2. The molecule has 0 amide bonds. The summed E-state index contributed by atoms with van der Waals surface area (Å²) in [5, 5.41) is 2.09. The first-order chi connectivity index (χ1) is 38.4. The van der Waals surface area contributed by atoms with E-state index < -0.39 is 0 Å². The van der Waals surface area contributed by atoms with Crippen LogP contribution in [-0.4, -0.2) is 63.4 Å². The number of nitrogens with zero attached hydrogens (tertiary/aromatic N) is 6. The third-order valence-electron chi connectivity index (χ3n) is 14.3. The standard InChI is InChI=1S/C65H66N6O8/c1-12-19-51(76-38-72-13-2)47-35-69(36-48(47)54-28-29-57(79-54)75-16-5)63-40(7)33-42(9)65-59(63)61-50(27-25-44(11)67-61)71(65)37-70-49-26-24-43(10)66-60(49)58-62(39(6)32-41(8)64(58)70)68-31-30-45(52-20-17-22-55(77-52)73-14-3)46(34-68)53-21-18-23-56(78-53)74-15-4/h17-19,21-22,24-30,32-36H,12-16,31,37-38H2,1-11H3/b51-19-. The number of anilines is 1. The summed E-state index contributed by atoms with van der Waals surface area (Å²) in [4.78, 5) is 13.1. The molecule has 0 spiro atoms. The van der Waals surface area contributed by atoms with Gasteiger partial charge < -0.3 is 56.2 Å². The van der Waals surface area contributed by atoms with Gasteiger partial charge in [0.1, 0.15) is 23.9 Å². The Morgan fingerprint density at radius 1 is 0.684 bits per heavy atom. The Hall–Kier alpha value is -8.80. The van der Waals surface area contributed by atoms with Crippen molar-refractivity contribution in [1.82, 2.24) is 23.7 Å². The maximum absolute atomic E-state index is 6.41. The van der Waals surface area contributed by atoms with Crippen LogP contribution in [0.15, 0.2) is 154 Å². The minimum atomic E-state index is 0.115. The van der Waals surface area contributed by atoms with Gasteiger partial charge in [0.25, 0.3) is 11.9 Å². The van der Waals surface area contributed by atoms with Crippen molar-refractivity contribution in [3.8, 4) is 23.0 Å². The topological polar surface area (TPSA) is 122 Å². The van der Waals surface area contributed by atoms with Crippen molar-refractivity contribution in [2.75, 3.05) is 44.7 Å². The Bertz CT molecular complexity index is 4060. The van der Waals surface area contributed by atoms with E-state index in [2.05, 4.69) is 146 Å². The van der Waals surface area contributed by atoms with Crippen LogP contribution in [0.5, 0.6) is 5.95 Å². The van der Waals surface area contributed by atoms with Crippen molar-refractivity contribution in [2.45, 2.75) is 89.3 Å². The smallest absolute Gasteiger partial charge is 0.333 e. The number of fused-ring (bicyclic) bond motifs is 6. The Morgan fingerprint density at radius 3 is 2.03 bits per heavy atom. The predicted octanol–water partition coefficient (Wildman–Crippen LogP) is 14.8. The molecule has 0 radical (unpaired) electrons. The van der Waals surface area contributed by atoms with Crippen LogP contribution in [0.25, 0.3) is 66.6 Å². The molecule has 0 saturated heterocycles. The lowest BCUT2D eigenvalue weighted by molar-refractivity contribution is 0.00511. The molecule has 0 saturated carbocycles. The van der Waals surface area contributed by atoms with Crippen LogP contribution in [0.4, 0.5) is 5.69 Å². The van der Waals surface area contributed by atoms with Crippen molar-refractivity contribution in [2.24, 2.45) is 0 Å². The highest BCUT2D eigenvalue weighted by atomic mass is 16.7. The Labute approximate surface area is 460 Å². The van der Waals surface area contributed by atoms with E-state index in [1.807, 2.05) is 58.1 Å². The second-order valence-electron chi connectivity index (χ2n) is 19.7. The third-order valence-corrected chi connectivity index (χ3v) is 14.3. The molecule has 0 fully saturated rings. The molecular weight excluding hydrogens is 993 g/mol. The zero-order valence-electron chi connectivity index (χ0n) is 46.9. The maximum Gasteiger partial charge on any atom is 0.333 e. The minimum Gasteiger partial charge on any atom is -0.467 e. The van der Waals surface area contributed by atoms with Gasteiger partial charge in [0, 0.05) is 77.5 Å². The van der Waals surface area contributed by atoms with Gasteiger partial charge >= 0.3 is 5.95 Å². The highest BCUT2D eigenvalue weighted by Gasteiger charge is 2.31. The lowest BCUT2D eigenvalue weighted by atomic mass is 9.97. The molecule has 3 aliphatic rings. The quantitative estimate of drug-likeness (QED) is 0.0333. The highest BCUT2D eigenvalue weighted by molar-refractivity contribution is 6.15. The number of aromatic nitrogens is 5. The van der Waals surface area contributed by atoms with Gasteiger partial charge in [-0.2, -0.15) is 0 Å². The van der Waals surface area contributed by atoms with Crippen LogP contribution in [0.3, 0.4) is 0 Å². The van der Waals surface area contributed by atoms with Gasteiger partial charge in [0.2, 0.25) is 0 Å². The normalized spacial score (nSPS) is 14.6. The van der Waals surface area contributed by atoms with Crippen LogP contribution >= 0.6 is 0 Å². The zero-order valence-corrected chi connectivity index (χ0v) is 46.9. The van der Waals surface area contributed by atoms with Crippen LogP contribution < -0.4 is 9.64 Å². The molecule has 9 heterocycles. The molecule has 0 aliphatic carbocycles. The number of hydrogen-bond donors (Lipinski definition) is 0. The number of benzene rings is 2. The average molecular weight is 1060 g/mol. The van der Waals surface area contributed by atoms with E-state index in [0.29, 0.717) is 80.5 Å². The molecule has 404 valence electrons. The van der Waals surface area contributed by atoms with E-state index in [-0.39, 0.29) is 6.79 Å². The van der Waals surface area contributed by atoms with E-state index in [4.69, 9.17) is 47.5 Å². The van der Waals surface area contributed by atoms with E-state index in [0.717, 1.165) is 118 Å². The van der Waals surface area contributed by atoms with Gasteiger partial charge in [-0.3, -0.25) is 9.97 Å². The Balaban J connectivity index is 1.10. The number of rotatable bonds is 19. The van der Waals surface area contributed by atoms with Crippen LogP contribution in [0.2, 0.25) is 0 Å². The van der Waals surface area contributed by atoms with Gasteiger partial charge in [-0.15, -0.1) is 0 Å². The summed E-state index contributed by atoms with van der Waals surface area (Å²) in [5.74, 6) is 3.62. The monoisotopic (exact) mass is 1060 g/mol. The minimum absolute atomic E-state index is 0.115. The molecule has 11 rings (SSSR count). The fraction of sp³-hybridized carbons (Fsp3) is 0.292. The number of hydrogen-bond acceptors (Lipinski definition) is 11. The zero-order chi connectivity index (χ0) is 55.1. The third kappa shape index (κ3) is 9.62. The SMILES string of the molecule is CC/C=C(\OCOCC)c1cn(-c2c(C)cc(C)c3c2c2nc(C)ccc2n3Cn2c3ccc(C)nc3c3c(N4C=C(C5=CC=C=C(OCC)O5)C(C5=C=CC=C(OCC)O5)=CC4)c(C)cc(C)c32)cc1-c1ccc(OCC)o1. The molecule has 79 heavy (non-hydrogen) atoms. The first-order valence-corrected chi connectivity index (χ1v) is 27.2. The van der Waals surface area contributed by atoms with E-state index >= 15 is 0 Å². The summed E-state index contributed by atoms with van der Waals surface area (Å²) in [7, 11) is 0. The first kappa shape index (κ1) is 52.3. The fourth-order valence-electron chi connectivity index (χ4n) is 11.2.